The Morgan fingerprint density at radius 2 is 1.54 bits per heavy atom. The highest BCUT2D eigenvalue weighted by Crippen LogP contribution is 2.26. The van der Waals surface area contributed by atoms with Gasteiger partial charge in [-0.25, -0.2) is 8.42 Å². The molecule has 0 aromatic heterocycles. The molecule has 0 bridgehead atoms. The molecule has 10 heteroatoms. The van der Waals surface area contributed by atoms with Gasteiger partial charge in [-0.3, -0.25) is 13.9 Å². The zero-order valence-corrected chi connectivity index (χ0v) is 26.5. The number of carbonyl (C=O) groups is 2. The third-order valence-corrected chi connectivity index (χ3v) is 8.76. The molecule has 0 spiro atoms. The van der Waals surface area contributed by atoms with E-state index in [0.29, 0.717) is 24.6 Å². The number of ether oxygens (including phenoxy) is 1. The van der Waals surface area contributed by atoms with Gasteiger partial charge in [0.25, 0.3) is 10.0 Å². The number of aryl methyl sites for hydroxylation is 1. The Labute approximate surface area is 251 Å². The maximum Gasteiger partial charge on any atom is 0.264 e. The fourth-order valence-corrected chi connectivity index (χ4v) is 5.74. The van der Waals surface area contributed by atoms with Gasteiger partial charge in [0.2, 0.25) is 11.8 Å². The first kappa shape index (κ1) is 32.1. The molecular weight excluding hydrogens is 606 g/mol. The van der Waals surface area contributed by atoms with Gasteiger partial charge in [0, 0.05) is 17.6 Å². The highest BCUT2D eigenvalue weighted by Gasteiger charge is 2.32. The largest absolute Gasteiger partial charge is 0.494 e. The van der Waals surface area contributed by atoms with Crippen LogP contribution in [0.3, 0.4) is 0 Å². The van der Waals surface area contributed by atoms with Crippen LogP contribution in [-0.2, 0) is 26.2 Å². The minimum Gasteiger partial charge on any atom is -0.494 e. The first-order valence-electron chi connectivity index (χ1n) is 13.6. The Balaban J connectivity index is 1.99. The van der Waals surface area contributed by atoms with Crippen LogP contribution < -0.4 is 14.4 Å². The van der Waals surface area contributed by atoms with Crippen LogP contribution in [0.15, 0.2) is 82.2 Å². The summed E-state index contributed by atoms with van der Waals surface area (Å²) in [5.74, 6) is -0.0278. The van der Waals surface area contributed by atoms with Crippen LogP contribution in [0, 0.1) is 12.8 Å². The van der Waals surface area contributed by atoms with Gasteiger partial charge in [-0.05, 0) is 80.8 Å². The molecule has 2 amide bonds. The fraction of sp³-hybridized carbons (Fsp3) is 0.355. The van der Waals surface area contributed by atoms with Gasteiger partial charge < -0.3 is 15.0 Å². The summed E-state index contributed by atoms with van der Waals surface area (Å²) in [6.45, 7) is 9.94. The van der Waals surface area contributed by atoms with Crippen LogP contribution in [-0.4, -0.2) is 50.9 Å². The maximum absolute atomic E-state index is 14.0. The second kappa shape index (κ2) is 14.5. The van der Waals surface area contributed by atoms with Crippen LogP contribution in [0.1, 0.15) is 38.8 Å². The third kappa shape index (κ3) is 8.81. The van der Waals surface area contributed by atoms with Gasteiger partial charge in [0.05, 0.1) is 17.2 Å². The molecule has 0 heterocycles. The lowest BCUT2D eigenvalue weighted by Crippen LogP contribution is -2.51. The van der Waals surface area contributed by atoms with Crippen molar-refractivity contribution >= 4 is 43.5 Å². The maximum atomic E-state index is 14.0. The van der Waals surface area contributed by atoms with E-state index < -0.39 is 28.5 Å². The monoisotopic (exact) mass is 643 g/mol. The van der Waals surface area contributed by atoms with E-state index in [9.17, 15) is 18.0 Å². The zero-order valence-electron chi connectivity index (χ0n) is 24.1. The van der Waals surface area contributed by atoms with Crippen LogP contribution >= 0.6 is 15.9 Å². The number of hydrogen-bond donors (Lipinski definition) is 1. The molecule has 0 saturated heterocycles. The van der Waals surface area contributed by atoms with Gasteiger partial charge in [-0.2, -0.15) is 0 Å². The first-order chi connectivity index (χ1) is 19.4. The topological polar surface area (TPSA) is 96.0 Å². The number of rotatable bonds is 13. The van der Waals surface area contributed by atoms with E-state index in [0.717, 1.165) is 19.9 Å². The summed E-state index contributed by atoms with van der Waals surface area (Å²) in [6.07, 6.45) is 0. The summed E-state index contributed by atoms with van der Waals surface area (Å²) in [6, 6.07) is 19.6. The number of carbonyl (C=O) groups excluding carboxylic acids is 2. The standard InChI is InChI=1S/C31H38BrN3O5S/c1-6-40-28-15-17-29(18-16-28)41(38,39)35(27-13-7-23(4)8-14-27)21-30(36)34(20-25-9-11-26(32)12-10-25)24(5)31(37)33-19-22(2)3/h7-18,22,24H,6,19-21H2,1-5H3,(H,33,37). The SMILES string of the molecule is CCOc1ccc(S(=O)(=O)N(CC(=O)N(Cc2ccc(Br)cc2)C(C)C(=O)NCC(C)C)c2ccc(C)cc2)cc1. The number of hydrogen-bond acceptors (Lipinski definition) is 5. The summed E-state index contributed by atoms with van der Waals surface area (Å²) < 4.78 is 35.3. The highest BCUT2D eigenvalue weighted by atomic mass is 79.9. The summed E-state index contributed by atoms with van der Waals surface area (Å²) in [4.78, 5) is 28.5. The number of nitrogens with one attached hydrogen (secondary N) is 1. The van der Waals surface area contributed by atoms with Crippen LogP contribution in [0.5, 0.6) is 5.75 Å². The van der Waals surface area contributed by atoms with E-state index >= 15 is 0 Å². The fourth-order valence-electron chi connectivity index (χ4n) is 4.06. The van der Waals surface area contributed by atoms with Crippen molar-refractivity contribution in [3.05, 3.63) is 88.4 Å². The Bertz CT molecular complexity index is 1410. The number of nitrogens with zero attached hydrogens (tertiary/aromatic N) is 2. The lowest BCUT2D eigenvalue weighted by atomic mass is 10.1. The van der Waals surface area contributed by atoms with Gasteiger partial charge in [-0.1, -0.05) is 59.6 Å². The van der Waals surface area contributed by atoms with Gasteiger partial charge in [-0.15, -0.1) is 0 Å². The predicted octanol–water partition coefficient (Wildman–Crippen LogP) is 5.54. The van der Waals surface area contributed by atoms with Gasteiger partial charge >= 0.3 is 0 Å². The van der Waals surface area contributed by atoms with Crippen molar-refractivity contribution in [2.24, 2.45) is 5.92 Å². The molecule has 0 aliphatic heterocycles. The minimum absolute atomic E-state index is 0.0245. The second-order valence-electron chi connectivity index (χ2n) is 10.2. The number of sulfonamides is 1. The van der Waals surface area contributed by atoms with Crippen LogP contribution in [0.2, 0.25) is 0 Å². The Morgan fingerprint density at radius 3 is 2.10 bits per heavy atom. The van der Waals surface area contributed by atoms with E-state index in [-0.39, 0.29) is 23.3 Å². The number of benzene rings is 3. The van der Waals surface area contributed by atoms with Gasteiger partial charge in [0.1, 0.15) is 18.3 Å². The molecule has 220 valence electrons. The van der Waals surface area contributed by atoms with Crippen molar-refractivity contribution in [3.8, 4) is 5.75 Å². The average Bonchev–Trinajstić information content (AvgIpc) is 2.94. The number of amides is 2. The molecule has 0 radical (unpaired) electrons. The highest BCUT2D eigenvalue weighted by molar-refractivity contribution is 9.10. The molecule has 3 rings (SSSR count). The molecular formula is C31H38BrN3O5S. The van der Waals surface area contributed by atoms with E-state index in [4.69, 9.17) is 4.74 Å². The third-order valence-electron chi connectivity index (χ3n) is 6.44. The molecule has 1 N–H and O–H groups in total. The average molecular weight is 645 g/mol. The van der Waals surface area contributed by atoms with Crippen molar-refractivity contribution in [1.82, 2.24) is 10.2 Å². The summed E-state index contributed by atoms with van der Waals surface area (Å²) in [7, 11) is -4.15. The molecule has 8 nitrogen and oxygen atoms in total. The quantitative estimate of drug-likeness (QED) is 0.264. The molecule has 1 unspecified atom stereocenters. The Hall–Kier alpha value is -3.37. The molecule has 3 aromatic rings. The van der Waals surface area contributed by atoms with Crippen LogP contribution in [0.4, 0.5) is 5.69 Å². The van der Waals surface area contributed by atoms with E-state index in [1.807, 2.05) is 52.0 Å². The Kier molecular flexibility index (Phi) is 11.4. The molecule has 0 aliphatic carbocycles. The van der Waals surface area contributed by atoms with E-state index in [1.165, 1.54) is 17.0 Å². The Morgan fingerprint density at radius 1 is 0.927 bits per heavy atom. The number of anilines is 1. The van der Waals surface area contributed by atoms with Crippen LogP contribution in [0.25, 0.3) is 0 Å². The summed E-state index contributed by atoms with van der Waals surface area (Å²) >= 11 is 3.42. The molecule has 0 fully saturated rings. The van der Waals surface area contributed by atoms with E-state index in [1.54, 1.807) is 43.3 Å². The number of halogens is 1. The lowest BCUT2D eigenvalue weighted by Gasteiger charge is -2.32. The van der Waals surface area contributed by atoms with Crippen molar-refractivity contribution in [2.75, 3.05) is 24.0 Å². The predicted molar refractivity (Wildman–Crippen MR) is 165 cm³/mol. The van der Waals surface area contributed by atoms with Crippen molar-refractivity contribution < 1.29 is 22.7 Å². The molecule has 1 atom stereocenters. The lowest BCUT2D eigenvalue weighted by molar-refractivity contribution is -0.139. The molecule has 0 saturated carbocycles. The smallest absolute Gasteiger partial charge is 0.264 e. The zero-order chi connectivity index (χ0) is 30.2. The van der Waals surface area contributed by atoms with Crippen molar-refractivity contribution in [1.29, 1.82) is 0 Å². The first-order valence-corrected chi connectivity index (χ1v) is 15.8. The molecule has 0 aliphatic rings. The summed E-state index contributed by atoms with van der Waals surface area (Å²) in [5.41, 5.74) is 2.10. The normalized spacial score (nSPS) is 12.1. The molecule has 41 heavy (non-hydrogen) atoms. The van der Waals surface area contributed by atoms with Crippen molar-refractivity contribution in [3.63, 3.8) is 0 Å². The summed E-state index contributed by atoms with van der Waals surface area (Å²) in [5, 5.41) is 2.89. The second-order valence-corrected chi connectivity index (χ2v) is 13.0. The van der Waals surface area contributed by atoms with E-state index in [2.05, 4.69) is 21.2 Å². The van der Waals surface area contributed by atoms with Crippen molar-refractivity contribution in [2.45, 2.75) is 52.1 Å². The van der Waals surface area contributed by atoms with Gasteiger partial charge in [0.15, 0.2) is 0 Å². The minimum atomic E-state index is -4.15. The molecule has 3 aromatic carbocycles.